The zero-order valence-electron chi connectivity index (χ0n) is 12.3. The van der Waals surface area contributed by atoms with E-state index in [0.29, 0.717) is 25.7 Å². The molecular formula is C16H20N2O2S. The molecule has 0 saturated carbocycles. The Balaban J connectivity index is 1.70. The van der Waals surface area contributed by atoms with Crippen LogP contribution in [0, 0.1) is 0 Å². The molecule has 5 heteroatoms. The molecule has 0 spiro atoms. The van der Waals surface area contributed by atoms with E-state index in [1.165, 1.54) is 5.56 Å². The van der Waals surface area contributed by atoms with E-state index in [0.717, 1.165) is 16.5 Å². The van der Waals surface area contributed by atoms with E-state index in [1.54, 1.807) is 11.3 Å². The highest BCUT2D eigenvalue weighted by molar-refractivity contribution is 7.13. The van der Waals surface area contributed by atoms with Gasteiger partial charge in [-0.3, -0.25) is 0 Å². The number of rotatable bonds is 4. The first kappa shape index (κ1) is 14.5. The molecular weight excluding hydrogens is 284 g/mol. The van der Waals surface area contributed by atoms with E-state index in [1.807, 2.05) is 5.38 Å². The maximum atomic E-state index is 5.67. The lowest BCUT2D eigenvalue weighted by Crippen LogP contribution is -2.22. The Morgan fingerprint density at radius 3 is 3.00 bits per heavy atom. The zero-order chi connectivity index (χ0) is 14.7. The van der Waals surface area contributed by atoms with Crippen LogP contribution in [0.5, 0.6) is 0 Å². The molecule has 1 unspecified atom stereocenters. The number of ether oxygens (including phenoxy) is 2. The summed E-state index contributed by atoms with van der Waals surface area (Å²) in [7, 11) is 0. The number of hydrogen-bond acceptors (Lipinski definition) is 5. The van der Waals surface area contributed by atoms with Crippen LogP contribution in [0.25, 0.3) is 0 Å². The first-order chi connectivity index (χ1) is 10.2. The van der Waals surface area contributed by atoms with Crippen molar-refractivity contribution in [3.05, 3.63) is 40.9 Å². The predicted octanol–water partition coefficient (Wildman–Crippen LogP) is 4.10. The standard InChI is InChI=1S/C16H20N2O2S/c1-11(2)12-4-3-5-13(8-12)17-16-18-14(10-21-16)15-9-19-6-7-20-15/h3-5,8,10-11,15H,6-7,9H2,1-2H3,(H,17,18). The SMILES string of the molecule is CC(C)c1cccc(Nc2nc(C3COCCO3)cs2)c1. The highest BCUT2D eigenvalue weighted by Gasteiger charge is 2.19. The first-order valence-electron chi connectivity index (χ1n) is 7.24. The van der Waals surface area contributed by atoms with Gasteiger partial charge in [-0.1, -0.05) is 26.0 Å². The molecule has 0 aliphatic carbocycles. The van der Waals surface area contributed by atoms with Crippen molar-refractivity contribution in [2.75, 3.05) is 25.1 Å². The van der Waals surface area contributed by atoms with E-state index in [9.17, 15) is 0 Å². The van der Waals surface area contributed by atoms with Gasteiger partial charge >= 0.3 is 0 Å². The van der Waals surface area contributed by atoms with Crippen molar-refractivity contribution in [2.45, 2.75) is 25.9 Å². The number of nitrogens with one attached hydrogen (secondary N) is 1. The van der Waals surface area contributed by atoms with Crippen LogP contribution in [0.1, 0.15) is 37.1 Å². The third-order valence-corrected chi connectivity index (χ3v) is 4.25. The lowest BCUT2D eigenvalue weighted by atomic mass is 10.0. The zero-order valence-corrected chi connectivity index (χ0v) is 13.2. The Hall–Kier alpha value is -1.43. The molecule has 1 aliphatic heterocycles. The van der Waals surface area contributed by atoms with Crippen molar-refractivity contribution in [3.63, 3.8) is 0 Å². The summed E-state index contributed by atoms with van der Waals surface area (Å²) >= 11 is 1.59. The number of thiazole rings is 1. The third kappa shape index (κ3) is 3.61. The van der Waals surface area contributed by atoms with Crippen molar-refractivity contribution in [1.82, 2.24) is 4.98 Å². The van der Waals surface area contributed by atoms with Crippen LogP contribution < -0.4 is 5.32 Å². The lowest BCUT2D eigenvalue weighted by Gasteiger charge is -2.21. The Morgan fingerprint density at radius 1 is 1.33 bits per heavy atom. The van der Waals surface area contributed by atoms with Gasteiger partial charge in [0, 0.05) is 11.1 Å². The van der Waals surface area contributed by atoms with Crippen LogP contribution in [0.15, 0.2) is 29.6 Å². The van der Waals surface area contributed by atoms with E-state index >= 15 is 0 Å². The van der Waals surface area contributed by atoms with Gasteiger partial charge in [-0.05, 0) is 23.6 Å². The molecule has 4 nitrogen and oxygen atoms in total. The maximum absolute atomic E-state index is 5.67. The molecule has 1 saturated heterocycles. The van der Waals surface area contributed by atoms with Gasteiger partial charge in [0.05, 0.1) is 25.5 Å². The minimum Gasteiger partial charge on any atom is -0.376 e. The Morgan fingerprint density at radius 2 is 2.24 bits per heavy atom. The van der Waals surface area contributed by atoms with Gasteiger partial charge in [-0.25, -0.2) is 4.98 Å². The van der Waals surface area contributed by atoms with Gasteiger partial charge in [-0.2, -0.15) is 0 Å². The molecule has 0 amide bonds. The van der Waals surface area contributed by atoms with E-state index in [4.69, 9.17) is 9.47 Å². The van der Waals surface area contributed by atoms with Crippen molar-refractivity contribution in [3.8, 4) is 0 Å². The van der Waals surface area contributed by atoms with Gasteiger partial charge in [0.2, 0.25) is 0 Å². The van der Waals surface area contributed by atoms with Crippen LogP contribution >= 0.6 is 11.3 Å². The molecule has 1 aromatic carbocycles. The molecule has 2 aromatic rings. The number of benzene rings is 1. The number of anilines is 2. The van der Waals surface area contributed by atoms with Gasteiger partial charge < -0.3 is 14.8 Å². The first-order valence-corrected chi connectivity index (χ1v) is 8.12. The summed E-state index contributed by atoms with van der Waals surface area (Å²) in [6.07, 6.45) is -0.0347. The van der Waals surface area contributed by atoms with Crippen molar-refractivity contribution >= 4 is 22.2 Å². The van der Waals surface area contributed by atoms with Crippen LogP contribution in [0.4, 0.5) is 10.8 Å². The number of nitrogens with zero attached hydrogens (tertiary/aromatic N) is 1. The van der Waals surface area contributed by atoms with Gasteiger partial charge in [0.15, 0.2) is 5.13 Å². The highest BCUT2D eigenvalue weighted by atomic mass is 32.1. The van der Waals surface area contributed by atoms with E-state index in [2.05, 4.69) is 48.4 Å². The largest absolute Gasteiger partial charge is 0.376 e. The summed E-state index contributed by atoms with van der Waals surface area (Å²) in [4.78, 5) is 4.61. The average Bonchev–Trinajstić information content (AvgIpc) is 2.97. The second kappa shape index (κ2) is 6.56. The summed E-state index contributed by atoms with van der Waals surface area (Å²) in [5.41, 5.74) is 3.34. The molecule has 2 heterocycles. The molecule has 1 aliphatic rings. The monoisotopic (exact) mass is 304 g/mol. The van der Waals surface area contributed by atoms with Crippen LogP contribution in [0.2, 0.25) is 0 Å². The lowest BCUT2D eigenvalue weighted by molar-refractivity contribution is -0.0915. The predicted molar refractivity (Wildman–Crippen MR) is 85.4 cm³/mol. The van der Waals surface area contributed by atoms with Crippen LogP contribution in [-0.4, -0.2) is 24.8 Å². The fourth-order valence-electron chi connectivity index (χ4n) is 2.25. The van der Waals surface area contributed by atoms with Gasteiger partial charge in [-0.15, -0.1) is 11.3 Å². The Bertz CT molecular complexity index is 591. The fraction of sp³-hybridized carbons (Fsp3) is 0.438. The quantitative estimate of drug-likeness (QED) is 0.923. The fourth-order valence-corrected chi connectivity index (χ4v) is 3.02. The molecule has 0 radical (unpaired) electrons. The number of aromatic nitrogens is 1. The molecule has 112 valence electrons. The van der Waals surface area contributed by atoms with Gasteiger partial charge in [0.25, 0.3) is 0 Å². The summed E-state index contributed by atoms with van der Waals surface area (Å²) in [5, 5.41) is 6.29. The molecule has 1 aromatic heterocycles. The van der Waals surface area contributed by atoms with E-state index in [-0.39, 0.29) is 6.10 Å². The normalized spacial score (nSPS) is 18.9. The number of hydrogen-bond donors (Lipinski definition) is 1. The second-order valence-corrected chi connectivity index (χ2v) is 6.28. The summed E-state index contributed by atoms with van der Waals surface area (Å²) in [6, 6.07) is 8.46. The Labute approximate surface area is 129 Å². The Kier molecular flexibility index (Phi) is 4.53. The highest BCUT2D eigenvalue weighted by Crippen LogP contribution is 2.28. The van der Waals surface area contributed by atoms with Crippen molar-refractivity contribution < 1.29 is 9.47 Å². The summed E-state index contributed by atoms with van der Waals surface area (Å²) < 4.78 is 11.1. The molecule has 3 rings (SSSR count). The molecule has 0 bridgehead atoms. The minimum atomic E-state index is -0.0347. The molecule has 1 atom stereocenters. The smallest absolute Gasteiger partial charge is 0.187 e. The van der Waals surface area contributed by atoms with Crippen LogP contribution in [-0.2, 0) is 9.47 Å². The minimum absolute atomic E-state index is 0.0347. The summed E-state index contributed by atoms with van der Waals surface area (Å²) in [5.74, 6) is 0.520. The van der Waals surface area contributed by atoms with Crippen molar-refractivity contribution in [1.29, 1.82) is 0 Å². The average molecular weight is 304 g/mol. The van der Waals surface area contributed by atoms with Crippen LogP contribution in [0.3, 0.4) is 0 Å². The second-order valence-electron chi connectivity index (χ2n) is 5.42. The third-order valence-electron chi connectivity index (χ3n) is 3.47. The molecule has 21 heavy (non-hydrogen) atoms. The molecule has 1 N–H and O–H groups in total. The summed E-state index contributed by atoms with van der Waals surface area (Å²) in [6.45, 7) is 6.29. The van der Waals surface area contributed by atoms with Crippen molar-refractivity contribution in [2.24, 2.45) is 0 Å². The topological polar surface area (TPSA) is 43.4 Å². The molecule has 1 fully saturated rings. The maximum Gasteiger partial charge on any atom is 0.187 e. The van der Waals surface area contributed by atoms with Gasteiger partial charge in [0.1, 0.15) is 6.10 Å². The van der Waals surface area contributed by atoms with E-state index < -0.39 is 0 Å².